The number of hydrogen-bond acceptors (Lipinski definition) is 2. The zero-order valence-corrected chi connectivity index (χ0v) is 13.0. The van der Waals surface area contributed by atoms with Crippen LogP contribution in [0.3, 0.4) is 0 Å². The second-order valence-corrected chi connectivity index (χ2v) is 6.34. The van der Waals surface area contributed by atoms with Crippen molar-refractivity contribution < 1.29 is 0 Å². The summed E-state index contributed by atoms with van der Waals surface area (Å²) in [4.78, 5) is 1.39. The Morgan fingerprint density at radius 1 is 1.33 bits per heavy atom. The van der Waals surface area contributed by atoms with E-state index in [-0.39, 0.29) is 0 Å². The van der Waals surface area contributed by atoms with Gasteiger partial charge in [-0.15, -0.1) is 11.8 Å². The van der Waals surface area contributed by atoms with Gasteiger partial charge in [-0.2, -0.15) is 0 Å². The minimum absolute atomic E-state index is 0.622. The number of benzene rings is 1. The quantitative estimate of drug-likeness (QED) is 0.694. The fourth-order valence-corrected chi connectivity index (χ4v) is 3.41. The molecular formula is C16H27NS. The Kier molecular flexibility index (Phi) is 7.45. The summed E-state index contributed by atoms with van der Waals surface area (Å²) in [5, 5.41) is 3.46. The van der Waals surface area contributed by atoms with E-state index in [4.69, 9.17) is 0 Å². The second-order valence-electron chi connectivity index (χ2n) is 5.24. The molecule has 1 aromatic rings. The molecule has 0 saturated heterocycles. The highest BCUT2D eigenvalue weighted by molar-refractivity contribution is 7.99. The van der Waals surface area contributed by atoms with E-state index in [0.717, 1.165) is 11.7 Å². The maximum absolute atomic E-state index is 3.46. The average molecular weight is 265 g/mol. The van der Waals surface area contributed by atoms with Crippen LogP contribution in [-0.4, -0.2) is 18.8 Å². The first-order valence-corrected chi connectivity index (χ1v) is 8.01. The normalized spacial score (nSPS) is 14.4. The Morgan fingerprint density at radius 2 is 2.11 bits per heavy atom. The number of thioether (sulfide) groups is 1. The van der Waals surface area contributed by atoms with Crippen molar-refractivity contribution >= 4 is 11.8 Å². The molecule has 0 aromatic heterocycles. The van der Waals surface area contributed by atoms with Crippen molar-refractivity contribution in [3.05, 3.63) is 29.8 Å². The van der Waals surface area contributed by atoms with Crippen molar-refractivity contribution in [1.82, 2.24) is 5.32 Å². The number of aryl methyl sites for hydroxylation is 1. The predicted octanol–water partition coefficient (Wildman–Crippen LogP) is 4.50. The molecular weight excluding hydrogens is 238 g/mol. The van der Waals surface area contributed by atoms with E-state index in [1.165, 1.54) is 29.7 Å². The molecule has 0 spiro atoms. The van der Waals surface area contributed by atoms with Crippen molar-refractivity contribution in [2.24, 2.45) is 5.92 Å². The summed E-state index contributed by atoms with van der Waals surface area (Å²) in [5.74, 6) is 1.99. The first-order valence-electron chi connectivity index (χ1n) is 7.02. The molecule has 0 saturated carbocycles. The lowest BCUT2D eigenvalue weighted by molar-refractivity contribution is 0.420. The van der Waals surface area contributed by atoms with Gasteiger partial charge >= 0.3 is 0 Å². The Labute approximate surface area is 117 Å². The van der Waals surface area contributed by atoms with Crippen LogP contribution >= 0.6 is 11.8 Å². The van der Waals surface area contributed by atoms with Gasteiger partial charge < -0.3 is 5.32 Å². The maximum Gasteiger partial charge on any atom is 0.0161 e. The molecule has 2 heteroatoms. The second kappa shape index (κ2) is 8.60. The van der Waals surface area contributed by atoms with Gasteiger partial charge in [-0.05, 0) is 38.4 Å². The summed E-state index contributed by atoms with van der Waals surface area (Å²) in [6.45, 7) is 6.79. The number of hydrogen-bond donors (Lipinski definition) is 1. The third-order valence-electron chi connectivity index (χ3n) is 3.32. The van der Waals surface area contributed by atoms with Gasteiger partial charge in [-0.3, -0.25) is 0 Å². The Bertz CT molecular complexity index is 338. The molecule has 2 atom stereocenters. The highest BCUT2D eigenvalue weighted by atomic mass is 32.2. The van der Waals surface area contributed by atoms with Gasteiger partial charge in [0.15, 0.2) is 0 Å². The van der Waals surface area contributed by atoms with Crippen LogP contribution < -0.4 is 5.32 Å². The van der Waals surface area contributed by atoms with E-state index in [2.05, 4.69) is 57.4 Å². The topological polar surface area (TPSA) is 12.0 Å². The van der Waals surface area contributed by atoms with Crippen molar-refractivity contribution in [3.63, 3.8) is 0 Å². The van der Waals surface area contributed by atoms with Gasteiger partial charge in [0.1, 0.15) is 0 Å². The molecule has 0 aliphatic heterocycles. The van der Waals surface area contributed by atoms with Crippen molar-refractivity contribution in [2.45, 2.75) is 51.0 Å². The SMILES string of the molecule is CCCC(C)CC(CSc1cccc(C)c1)NC. The van der Waals surface area contributed by atoms with Crippen LogP contribution in [0.4, 0.5) is 0 Å². The average Bonchev–Trinajstić information content (AvgIpc) is 2.35. The van der Waals surface area contributed by atoms with Crippen molar-refractivity contribution in [2.75, 3.05) is 12.8 Å². The van der Waals surface area contributed by atoms with Crippen LogP contribution in [0, 0.1) is 12.8 Å². The van der Waals surface area contributed by atoms with Gasteiger partial charge in [-0.1, -0.05) is 44.4 Å². The van der Waals surface area contributed by atoms with Crippen LogP contribution in [0.5, 0.6) is 0 Å². The largest absolute Gasteiger partial charge is 0.316 e. The summed E-state index contributed by atoms with van der Waals surface area (Å²) in [6.07, 6.45) is 3.92. The molecule has 1 N–H and O–H groups in total. The fraction of sp³-hybridized carbons (Fsp3) is 0.625. The summed E-state index contributed by atoms with van der Waals surface area (Å²) < 4.78 is 0. The highest BCUT2D eigenvalue weighted by Crippen LogP contribution is 2.22. The molecule has 1 rings (SSSR count). The Balaban J connectivity index is 2.39. The molecule has 1 nitrogen and oxygen atoms in total. The molecule has 102 valence electrons. The van der Waals surface area contributed by atoms with Gasteiger partial charge in [-0.25, -0.2) is 0 Å². The summed E-state index contributed by atoms with van der Waals surface area (Å²) in [7, 11) is 2.08. The van der Waals surface area contributed by atoms with E-state index in [1.807, 2.05) is 11.8 Å². The maximum atomic E-state index is 3.46. The van der Waals surface area contributed by atoms with Gasteiger partial charge in [0.2, 0.25) is 0 Å². The van der Waals surface area contributed by atoms with E-state index < -0.39 is 0 Å². The van der Waals surface area contributed by atoms with Gasteiger partial charge in [0.25, 0.3) is 0 Å². The van der Waals surface area contributed by atoms with E-state index in [1.54, 1.807) is 0 Å². The predicted molar refractivity (Wildman–Crippen MR) is 83.4 cm³/mol. The zero-order valence-electron chi connectivity index (χ0n) is 12.2. The minimum Gasteiger partial charge on any atom is -0.316 e. The van der Waals surface area contributed by atoms with E-state index in [9.17, 15) is 0 Å². The number of rotatable bonds is 8. The highest BCUT2D eigenvalue weighted by Gasteiger charge is 2.11. The smallest absolute Gasteiger partial charge is 0.0161 e. The van der Waals surface area contributed by atoms with Gasteiger partial charge in [0, 0.05) is 16.7 Å². The van der Waals surface area contributed by atoms with Gasteiger partial charge in [0.05, 0.1) is 0 Å². The third kappa shape index (κ3) is 5.92. The molecule has 18 heavy (non-hydrogen) atoms. The van der Waals surface area contributed by atoms with Crippen LogP contribution in [0.15, 0.2) is 29.2 Å². The van der Waals surface area contributed by atoms with E-state index >= 15 is 0 Å². The molecule has 1 aromatic carbocycles. The van der Waals surface area contributed by atoms with Crippen molar-refractivity contribution in [1.29, 1.82) is 0 Å². The summed E-state index contributed by atoms with van der Waals surface area (Å²) >= 11 is 1.96. The number of nitrogens with one attached hydrogen (secondary N) is 1. The summed E-state index contributed by atoms with van der Waals surface area (Å²) in [6, 6.07) is 9.40. The lowest BCUT2D eigenvalue weighted by atomic mass is 9.98. The molecule has 0 fully saturated rings. The minimum atomic E-state index is 0.622. The third-order valence-corrected chi connectivity index (χ3v) is 4.47. The van der Waals surface area contributed by atoms with Crippen LogP contribution in [0.25, 0.3) is 0 Å². The summed E-state index contributed by atoms with van der Waals surface area (Å²) in [5.41, 5.74) is 1.35. The first-order chi connectivity index (χ1) is 8.65. The van der Waals surface area contributed by atoms with Crippen LogP contribution in [0.1, 0.15) is 38.7 Å². The van der Waals surface area contributed by atoms with Crippen molar-refractivity contribution in [3.8, 4) is 0 Å². The molecule has 0 heterocycles. The molecule has 0 radical (unpaired) electrons. The molecule has 0 aliphatic rings. The standard InChI is InChI=1S/C16H27NS/c1-5-7-13(2)10-15(17-4)12-18-16-9-6-8-14(3)11-16/h6,8-9,11,13,15,17H,5,7,10,12H2,1-4H3. The Hall–Kier alpha value is -0.470. The fourth-order valence-electron chi connectivity index (χ4n) is 2.27. The zero-order chi connectivity index (χ0) is 13.4. The molecule has 0 aliphatic carbocycles. The first kappa shape index (κ1) is 15.6. The lowest BCUT2D eigenvalue weighted by Crippen LogP contribution is -2.29. The molecule has 0 amide bonds. The van der Waals surface area contributed by atoms with Crippen LogP contribution in [-0.2, 0) is 0 Å². The van der Waals surface area contributed by atoms with Crippen LogP contribution in [0.2, 0.25) is 0 Å². The molecule has 2 unspecified atom stereocenters. The van der Waals surface area contributed by atoms with E-state index in [0.29, 0.717) is 6.04 Å². The Morgan fingerprint density at radius 3 is 2.72 bits per heavy atom. The monoisotopic (exact) mass is 265 g/mol. The lowest BCUT2D eigenvalue weighted by Gasteiger charge is -2.20. The molecule has 0 bridgehead atoms.